The number of aromatic nitrogens is 4. The fourth-order valence-corrected chi connectivity index (χ4v) is 1.74. The molecule has 0 aliphatic rings. The van der Waals surface area contributed by atoms with Gasteiger partial charge in [-0.25, -0.2) is 4.68 Å². The number of aryl methyl sites for hydroxylation is 1. The smallest absolute Gasteiger partial charge is 0.226 e. The molecule has 0 saturated carbocycles. The van der Waals surface area contributed by atoms with Crippen LogP contribution in [0.3, 0.4) is 0 Å². The minimum absolute atomic E-state index is 0.104. The van der Waals surface area contributed by atoms with Gasteiger partial charge in [-0.1, -0.05) is 11.6 Å². The molecule has 1 amide bonds. The van der Waals surface area contributed by atoms with Crippen LogP contribution in [-0.2, 0) is 22.8 Å². The highest BCUT2D eigenvalue weighted by atomic mass is 35.5. The van der Waals surface area contributed by atoms with Crippen LogP contribution < -0.4 is 5.32 Å². The minimum Gasteiger partial charge on any atom is -0.360 e. The summed E-state index contributed by atoms with van der Waals surface area (Å²) >= 11 is 5.74. The van der Waals surface area contributed by atoms with Crippen molar-refractivity contribution in [2.45, 2.75) is 26.6 Å². The van der Waals surface area contributed by atoms with Crippen LogP contribution in [0.1, 0.15) is 13.3 Å². The number of hydrogen-bond acceptors (Lipinski definition) is 4. The second-order valence-corrected chi connectivity index (χ2v) is 4.55. The number of amides is 1. The molecule has 8 heteroatoms. The van der Waals surface area contributed by atoms with E-state index in [9.17, 15) is 4.79 Å². The molecule has 0 aliphatic heterocycles. The van der Waals surface area contributed by atoms with Crippen molar-refractivity contribution in [3.63, 3.8) is 0 Å². The standard InChI is InChI=1S/C12H16ClN5O2/c1-2-20-9-18-8-11(6-15-18)16-12(19)3-4-17-7-10(13)5-14-17/h5-8H,2-4,9H2,1H3,(H,16,19). The van der Waals surface area contributed by atoms with Gasteiger partial charge < -0.3 is 10.1 Å². The van der Waals surface area contributed by atoms with Crippen LogP contribution >= 0.6 is 11.6 Å². The first-order valence-electron chi connectivity index (χ1n) is 6.25. The zero-order valence-electron chi connectivity index (χ0n) is 11.1. The van der Waals surface area contributed by atoms with E-state index in [1.165, 1.54) is 6.20 Å². The lowest BCUT2D eigenvalue weighted by atomic mass is 10.4. The Bertz CT molecular complexity index is 566. The number of anilines is 1. The average Bonchev–Trinajstić information content (AvgIpc) is 3.03. The van der Waals surface area contributed by atoms with Crippen molar-refractivity contribution >= 4 is 23.2 Å². The topological polar surface area (TPSA) is 74.0 Å². The van der Waals surface area contributed by atoms with Crippen LogP contribution in [0.15, 0.2) is 24.8 Å². The van der Waals surface area contributed by atoms with Gasteiger partial charge in [0.25, 0.3) is 0 Å². The SMILES string of the molecule is CCOCn1cc(NC(=O)CCn2cc(Cl)cn2)cn1. The second-order valence-electron chi connectivity index (χ2n) is 4.11. The summed E-state index contributed by atoms with van der Waals surface area (Å²) in [5, 5.41) is 11.4. The predicted octanol–water partition coefficient (Wildman–Crippen LogP) is 1.76. The molecule has 20 heavy (non-hydrogen) atoms. The maximum Gasteiger partial charge on any atom is 0.226 e. The maximum absolute atomic E-state index is 11.8. The lowest BCUT2D eigenvalue weighted by Crippen LogP contribution is -2.14. The Balaban J connectivity index is 1.77. The summed E-state index contributed by atoms with van der Waals surface area (Å²) in [6.07, 6.45) is 6.83. The summed E-state index contributed by atoms with van der Waals surface area (Å²) in [6.45, 7) is 3.38. The van der Waals surface area contributed by atoms with Gasteiger partial charge in [-0.2, -0.15) is 10.2 Å². The van der Waals surface area contributed by atoms with Gasteiger partial charge in [-0.15, -0.1) is 0 Å². The number of nitrogens with zero attached hydrogens (tertiary/aromatic N) is 4. The zero-order valence-corrected chi connectivity index (χ0v) is 11.9. The Hall–Kier alpha value is -1.86. The highest BCUT2D eigenvalue weighted by Gasteiger charge is 2.05. The molecule has 1 N–H and O–H groups in total. The van der Waals surface area contributed by atoms with E-state index in [1.54, 1.807) is 28.0 Å². The summed E-state index contributed by atoms with van der Waals surface area (Å²) in [5.41, 5.74) is 0.646. The minimum atomic E-state index is -0.104. The highest BCUT2D eigenvalue weighted by Crippen LogP contribution is 2.07. The van der Waals surface area contributed by atoms with E-state index in [0.717, 1.165) is 0 Å². The molecule has 0 bridgehead atoms. The fourth-order valence-electron chi connectivity index (χ4n) is 1.58. The van der Waals surface area contributed by atoms with E-state index in [4.69, 9.17) is 16.3 Å². The third-order valence-corrected chi connectivity index (χ3v) is 2.71. The Kier molecular flexibility index (Phi) is 5.14. The van der Waals surface area contributed by atoms with Gasteiger partial charge >= 0.3 is 0 Å². The molecule has 2 aromatic heterocycles. The van der Waals surface area contributed by atoms with Crippen molar-refractivity contribution in [3.05, 3.63) is 29.8 Å². The van der Waals surface area contributed by atoms with E-state index in [-0.39, 0.29) is 5.91 Å². The monoisotopic (exact) mass is 297 g/mol. The van der Waals surface area contributed by atoms with E-state index < -0.39 is 0 Å². The van der Waals surface area contributed by atoms with E-state index >= 15 is 0 Å². The van der Waals surface area contributed by atoms with Crippen molar-refractivity contribution in [3.8, 4) is 0 Å². The summed E-state index contributed by atoms with van der Waals surface area (Å²) in [6, 6.07) is 0. The van der Waals surface area contributed by atoms with Gasteiger partial charge in [0.1, 0.15) is 6.73 Å². The van der Waals surface area contributed by atoms with E-state index in [0.29, 0.717) is 37.0 Å². The third-order valence-electron chi connectivity index (χ3n) is 2.51. The molecule has 0 unspecified atom stereocenters. The van der Waals surface area contributed by atoms with Gasteiger partial charge in [0, 0.05) is 25.8 Å². The largest absolute Gasteiger partial charge is 0.360 e. The van der Waals surface area contributed by atoms with Crippen molar-refractivity contribution in [2.24, 2.45) is 0 Å². The molecule has 0 saturated heterocycles. The maximum atomic E-state index is 11.8. The summed E-state index contributed by atoms with van der Waals surface area (Å²) in [4.78, 5) is 11.8. The second kappa shape index (κ2) is 7.06. The number of rotatable bonds is 7. The van der Waals surface area contributed by atoms with Gasteiger partial charge in [-0.3, -0.25) is 9.48 Å². The lowest BCUT2D eigenvalue weighted by Gasteiger charge is -2.03. The van der Waals surface area contributed by atoms with Crippen LogP contribution in [0, 0.1) is 0 Å². The first-order chi connectivity index (χ1) is 9.67. The first kappa shape index (κ1) is 14.5. The predicted molar refractivity (Wildman–Crippen MR) is 74.3 cm³/mol. The molecule has 2 rings (SSSR count). The molecule has 0 atom stereocenters. The molecular weight excluding hydrogens is 282 g/mol. The van der Waals surface area contributed by atoms with Crippen molar-refractivity contribution < 1.29 is 9.53 Å². The third kappa shape index (κ3) is 4.36. The van der Waals surface area contributed by atoms with Gasteiger partial charge in [0.15, 0.2) is 0 Å². The molecule has 0 aromatic carbocycles. The van der Waals surface area contributed by atoms with Gasteiger partial charge in [-0.05, 0) is 6.92 Å². The zero-order chi connectivity index (χ0) is 14.4. The van der Waals surface area contributed by atoms with Crippen LogP contribution in [0.25, 0.3) is 0 Å². The molecule has 0 fully saturated rings. The molecule has 0 aliphatic carbocycles. The summed E-state index contributed by atoms with van der Waals surface area (Å²) in [7, 11) is 0. The highest BCUT2D eigenvalue weighted by molar-refractivity contribution is 6.30. The Labute approximate surface area is 121 Å². The molecule has 2 aromatic rings. The Morgan fingerprint density at radius 3 is 2.85 bits per heavy atom. The number of nitrogens with one attached hydrogen (secondary N) is 1. The number of ether oxygens (including phenoxy) is 1. The Morgan fingerprint density at radius 1 is 1.35 bits per heavy atom. The quantitative estimate of drug-likeness (QED) is 0.845. The van der Waals surface area contributed by atoms with Crippen molar-refractivity contribution in [1.82, 2.24) is 19.6 Å². The fraction of sp³-hybridized carbons (Fsp3) is 0.417. The van der Waals surface area contributed by atoms with Crippen molar-refractivity contribution in [2.75, 3.05) is 11.9 Å². The average molecular weight is 298 g/mol. The lowest BCUT2D eigenvalue weighted by molar-refractivity contribution is -0.116. The number of hydrogen-bond donors (Lipinski definition) is 1. The summed E-state index contributed by atoms with van der Waals surface area (Å²) < 4.78 is 8.45. The Morgan fingerprint density at radius 2 is 2.15 bits per heavy atom. The molecular formula is C12H16ClN5O2. The van der Waals surface area contributed by atoms with Crippen LogP contribution in [0.4, 0.5) is 5.69 Å². The normalized spacial score (nSPS) is 10.7. The van der Waals surface area contributed by atoms with E-state index in [2.05, 4.69) is 15.5 Å². The summed E-state index contributed by atoms with van der Waals surface area (Å²) in [5.74, 6) is -0.104. The van der Waals surface area contributed by atoms with Gasteiger partial charge in [0.05, 0.1) is 29.3 Å². The molecule has 0 radical (unpaired) electrons. The van der Waals surface area contributed by atoms with Crippen LogP contribution in [0.2, 0.25) is 5.02 Å². The first-order valence-corrected chi connectivity index (χ1v) is 6.63. The van der Waals surface area contributed by atoms with Crippen LogP contribution in [0.5, 0.6) is 0 Å². The van der Waals surface area contributed by atoms with Gasteiger partial charge in [0.2, 0.25) is 5.91 Å². The number of carbonyl (C=O) groups is 1. The van der Waals surface area contributed by atoms with Crippen LogP contribution in [-0.4, -0.2) is 32.1 Å². The molecule has 108 valence electrons. The molecule has 0 spiro atoms. The number of carbonyl (C=O) groups excluding carboxylic acids is 1. The van der Waals surface area contributed by atoms with E-state index in [1.807, 2.05) is 6.92 Å². The number of halogens is 1. The molecule has 7 nitrogen and oxygen atoms in total. The molecule has 2 heterocycles. The van der Waals surface area contributed by atoms with Crippen molar-refractivity contribution in [1.29, 1.82) is 0 Å².